The molecule has 0 aliphatic carbocycles. The van der Waals surface area contributed by atoms with Crippen LogP contribution in [0.1, 0.15) is 31.0 Å². The third-order valence-electron chi connectivity index (χ3n) is 1.92. The zero-order chi connectivity index (χ0) is 12.1. The highest BCUT2D eigenvalue weighted by Gasteiger charge is 2.09. The van der Waals surface area contributed by atoms with Crippen LogP contribution >= 0.6 is 11.8 Å². The van der Waals surface area contributed by atoms with Gasteiger partial charge in [0.25, 0.3) is 5.22 Å². The van der Waals surface area contributed by atoms with Crippen molar-refractivity contribution in [3.05, 3.63) is 17.6 Å². The van der Waals surface area contributed by atoms with Crippen molar-refractivity contribution in [1.82, 2.24) is 20.3 Å². The second-order valence-corrected chi connectivity index (χ2v) is 4.24. The lowest BCUT2D eigenvalue weighted by molar-refractivity contribution is 0.373. The molecule has 2 heterocycles. The molecule has 17 heavy (non-hydrogen) atoms. The van der Waals surface area contributed by atoms with Gasteiger partial charge in [-0.05, 0) is 6.42 Å². The predicted molar refractivity (Wildman–Crippen MR) is 60.0 cm³/mol. The van der Waals surface area contributed by atoms with E-state index in [1.54, 1.807) is 0 Å². The zero-order valence-electron chi connectivity index (χ0n) is 9.42. The maximum atomic E-state index is 5.36. The smallest absolute Gasteiger partial charge is 0.277 e. The van der Waals surface area contributed by atoms with Crippen LogP contribution in [-0.2, 0) is 18.7 Å². The quantitative estimate of drug-likeness (QED) is 0.767. The van der Waals surface area contributed by atoms with Crippen LogP contribution in [-0.4, -0.2) is 20.3 Å². The maximum absolute atomic E-state index is 5.36. The Morgan fingerprint density at radius 3 is 2.88 bits per heavy atom. The summed E-state index contributed by atoms with van der Waals surface area (Å²) in [6, 6.07) is 0. The Bertz CT molecular complexity index is 469. The van der Waals surface area contributed by atoms with Crippen molar-refractivity contribution in [2.24, 2.45) is 5.73 Å². The van der Waals surface area contributed by atoms with E-state index in [2.05, 4.69) is 27.3 Å². The molecule has 0 saturated carbocycles. The second kappa shape index (κ2) is 5.78. The average molecular weight is 255 g/mol. The van der Waals surface area contributed by atoms with Crippen molar-refractivity contribution >= 4 is 11.8 Å². The van der Waals surface area contributed by atoms with Gasteiger partial charge in [0.15, 0.2) is 5.82 Å². The number of rotatable bonds is 6. The van der Waals surface area contributed by atoms with Crippen LogP contribution in [0.4, 0.5) is 0 Å². The van der Waals surface area contributed by atoms with Gasteiger partial charge in [-0.25, -0.2) is 0 Å². The Balaban J connectivity index is 1.88. The van der Waals surface area contributed by atoms with Crippen molar-refractivity contribution < 1.29 is 8.94 Å². The van der Waals surface area contributed by atoms with Crippen LogP contribution in [0.25, 0.3) is 0 Å². The number of aryl methyl sites for hydroxylation is 1. The first kappa shape index (κ1) is 12.1. The predicted octanol–water partition coefficient (Wildman–Crippen LogP) is 1.16. The van der Waals surface area contributed by atoms with Gasteiger partial charge in [-0.2, -0.15) is 4.98 Å². The molecule has 0 unspecified atom stereocenters. The van der Waals surface area contributed by atoms with Gasteiger partial charge >= 0.3 is 0 Å². The van der Waals surface area contributed by atoms with E-state index in [9.17, 15) is 0 Å². The standard InChI is InChI=1S/C9H13N5O2S/c1-2-3-7-11-6(14-16-7)5-17-9-13-12-8(4-10)15-9/h2-5,10H2,1H3. The van der Waals surface area contributed by atoms with Crippen LogP contribution in [0.15, 0.2) is 14.2 Å². The first-order chi connectivity index (χ1) is 8.31. The van der Waals surface area contributed by atoms with E-state index in [1.165, 1.54) is 11.8 Å². The van der Waals surface area contributed by atoms with E-state index < -0.39 is 0 Å². The van der Waals surface area contributed by atoms with E-state index >= 15 is 0 Å². The number of hydrogen-bond acceptors (Lipinski definition) is 8. The maximum Gasteiger partial charge on any atom is 0.277 e. The molecule has 0 aliphatic heterocycles. The molecule has 2 aromatic rings. The molecule has 0 fully saturated rings. The molecule has 7 nitrogen and oxygen atoms in total. The summed E-state index contributed by atoms with van der Waals surface area (Å²) in [5.41, 5.74) is 5.36. The molecule has 0 atom stereocenters. The molecule has 0 bridgehead atoms. The van der Waals surface area contributed by atoms with E-state index in [0.29, 0.717) is 28.6 Å². The van der Waals surface area contributed by atoms with Crippen molar-refractivity contribution in [1.29, 1.82) is 0 Å². The summed E-state index contributed by atoms with van der Waals surface area (Å²) in [5, 5.41) is 11.9. The molecule has 92 valence electrons. The molecule has 2 N–H and O–H groups in total. The van der Waals surface area contributed by atoms with Gasteiger partial charge < -0.3 is 14.7 Å². The number of hydrogen-bond donors (Lipinski definition) is 1. The first-order valence-electron chi connectivity index (χ1n) is 5.28. The molecule has 2 rings (SSSR count). The summed E-state index contributed by atoms with van der Waals surface area (Å²) in [7, 11) is 0. The minimum atomic E-state index is 0.246. The van der Waals surface area contributed by atoms with Crippen molar-refractivity contribution in [2.45, 2.75) is 37.3 Å². The molecule has 0 saturated heterocycles. The third kappa shape index (κ3) is 3.27. The first-order valence-corrected chi connectivity index (χ1v) is 6.27. The van der Waals surface area contributed by atoms with E-state index in [4.69, 9.17) is 14.7 Å². The summed E-state index contributed by atoms with van der Waals surface area (Å²) >= 11 is 1.36. The Morgan fingerprint density at radius 1 is 1.29 bits per heavy atom. The van der Waals surface area contributed by atoms with Crippen LogP contribution in [0.2, 0.25) is 0 Å². The molecule has 2 aromatic heterocycles. The number of aromatic nitrogens is 4. The highest BCUT2D eigenvalue weighted by atomic mass is 32.2. The highest BCUT2D eigenvalue weighted by Crippen LogP contribution is 2.19. The Kier molecular flexibility index (Phi) is 4.10. The normalized spacial score (nSPS) is 10.9. The molecule has 0 amide bonds. The van der Waals surface area contributed by atoms with E-state index in [-0.39, 0.29) is 6.54 Å². The number of nitrogens with zero attached hydrogens (tertiary/aromatic N) is 4. The van der Waals surface area contributed by atoms with Gasteiger partial charge in [0.05, 0.1) is 12.3 Å². The molecule has 0 aliphatic rings. The lowest BCUT2D eigenvalue weighted by Crippen LogP contribution is -1.95. The van der Waals surface area contributed by atoms with Crippen molar-refractivity contribution in [2.75, 3.05) is 0 Å². The van der Waals surface area contributed by atoms with Gasteiger partial charge in [-0.15, -0.1) is 10.2 Å². The van der Waals surface area contributed by atoms with Gasteiger partial charge in [0.2, 0.25) is 11.8 Å². The van der Waals surface area contributed by atoms with Gasteiger partial charge in [0, 0.05) is 6.42 Å². The fourth-order valence-corrected chi connectivity index (χ4v) is 1.79. The Labute approximate surface area is 102 Å². The molecular formula is C9H13N5O2S. The summed E-state index contributed by atoms with van der Waals surface area (Å²) < 4.78 is 10.3. The van der Waals surface area contributed by atoms with Gasteiger partial charge in [-0.1, -0.05) is 23.8 Å². The van der Waals surface area contributed by atoms with Crippen molar-refractivity contribution in [3.8, 4) is 0 Å². The lowest BCUT2D eigenvalue weighted by Gasteiger charge is -1.89. The van der Waals surface area contributed by atoms with Gasteiger partial charge in [-0.3, -0.25) is 0 Å². The monoisotopic (exact) mass is 255 g/mol. The Morgan fingerprint density at radius 2 is 2.18 bits per heavy atom. The number of nitrogens with two attached hydrogens (primary N) is 1. The fourth-order valence-electron chi connectivity index (χ4n) is 1.17. The zero-order valence-corrected chi connectivity index (χ0v) is 10.2. The molecule has 0 spiro atoms. The molecule has 0 aromatic carbocycles. The minimum Gasteiger partial charge on any atom is -0.415 e. The molecule has 8 heteroatoms. The number of thioether (sulfide) groups is 1. The summed E-state index contributed by atoms with van der Waals surface area (Å²) in [6.45, 7) is 2.31. The van der Waals surface area contributed by atoms with E-state index in [0.717, 1.165) is 12.8 Å². The third-order valence-corrected chi connectivity index (χ3v) is 2.74. The molecule has 0 radical (unpaired) electrons. The SMILES string of the molecule is CCCc1nc(CSc2nnc(CN)o2)no1. The lowest BCUT2D eigenvalue weighted by atomic mass is 10.3. The minimum absolute atomic E-state index is 0.246. The topological polar surface area (TPSA) is 104 Å². The Hall–Kier alpha value is -1.41. The summed E-state index contributed by atoms with van der Waals surface area (Å²) in [5.74, 6) is 2.26. The highest BCUT2D eigenvalue weighted by molar-refractivity contribution is 7.98. The fraction of sp³-hybridized carbons (Fsp3) is 0.556. The van der Waals surface area contributed by atoms with Crippen LogP contribution in [0, 0.1) is 0 Å². The largest absolute Gasteiger partial charge is 0.415 e. The van der Waals surface area contributed by atoms with Crippen molar-refractivity contribution in [3.63, 3.8) is 0 Å². The van der Waals surface area contributed by atoms with Crippen LogP contribution in [0.5, 0.6) is 0 Å². The summed E-state index contributed by atoms with van der Waals surface area (Å²) in [6.07, 6.45) is 1.79. The van der Waals surface area contributed by atoms with E-state index in [1.807, 2.05) is 0 Å². The van der Waals surface area contributed by atoms with Crippen LogP contribution in [0.3, 0.4) is 0 Å². The second-order valence-electron chi connectivity index (χ2n) is 3.31. The summed E-state index contributed by atoms with van der Waals surface area (Å²) in [4.78, 5) is 4.23. The van der Waals surface area contributed by atoms with Crippen LogP contribution < -0.4 is 5.73 Å². The van der Waals surface area contributed by atoms with Gasteiger partial charge in [0.1, 0.15) is 0 Å². The molecular weight excluding hydrogens is 242 g/mol. The average Bonchev–Trinajstić information content (AvgIpc) is 2.95.